The molecule has 0 bridgehead atoms. The summed E-state index contributed by atoms with van der Waals surface area (Å²) in [6.07, 6.45) is 7.09. The summed E-state index contributed by atoms with van der Waals surface area (Å²) in [5.41, 5.74) is 7.19. The Kier molecular flexibility index (Phi) is 4.79. The number of aromatic nitrogens is 3. The summed E-state index contributed by atoms with van der Waals surface area (Å²) in [4.78, 5) is 38.1. The first-order valence-corrected chi connectivity index (χ1v) is 7.96. The van der Waals surface area contributed by atoms with Crippen LogP contribution >= 0.6 is 0 Å². The summed E-state index contributed by atoms with van der Waals surface area (Å²) in [7, 11) is 0. The van der Waals surface area contributed by atoms with Crippen molar-refractivity contribution in [3.8, 4) is 0 Å². The molecule has 1 saturated heterocycles. The van der Waals surface area contributed by atoms with Crippen molar-refractivity contribution < 1.29 is 9.59 Å². The molecule has 1 aliphatic heterocycles. The summed E-state index contributed by atoms with van der Waals surface area (Å²) in [6.45, 7) is 0.674. The van der Waals surface area contributed by atoms with Crippen LogP contribution in [0.4, 0.5) is 0 Å². The van der Waals surface area contributed by atoms with Crippen LogP contribution in [-0.4, -0.2) is 38.2 Å². The Morgan fingerprint density at radius 3 is 2.92 bits per heavy atom. The van der Waals surface area contributed by atoms with E-state index in [9.17, 15) is 9.59 Å². The highest BCUT2D eigenvalue weighted by Gasteiger charge is 2.32. The van der Waals surface area contributed by atoms with Crippen molar-refractivity contribution in [2.75, 3.05) is 6.54 Å². The molecular formula is C17H19N5O2. The number of primary amides is 1. The molecule has 3 rings (SSSR count). The van der Waals surface area contributed by atoms with Gasteiger partial charge in [0.15, 0.2) is 0 Å². The number of carbonyl (C=O) groups is 2. The van der Waals surface area contributed by atoms with Crippen molar-refractivity contribution in [1.82, 2.24) is 19.9 Å². The van der Waals surface area contributed by atoms with E-state index in [0.717, 1.165) is 24.2 Å². The van der Waals surface area contributed by atoms with Gasteiger partial charge in [-0.25, -0.2) is 4.98 Å². The Bertz CT molecular complexity index is 735. The van der Waals surface area contributed by atoms with Gasteiger partial charge in [-0.2, -0.15) is 0 Å². The largest absolute Gasteiger partial charge is 0.370 e. The first-order chi connectivity index (χ1) is 11.6. The Hall–Kier alpha value is -2.83. The Balaban J connectivity index is 1.79. The second-order valence-corrected chi connectivity index (χ2v) is 5.77. The second-order valence-electron chi connectivity index (χ2n) is 5.77. The minimum absolute atomic E-state index is 0.0759. The molecule has 0 aliphatic carbocycles. The maximum absolute atomic E-state index is 12.7. The predicted octanol–water partition coefficient (Wildman–Crippen LogP) is 1.27. The first kappa shape index (κ1) is 16.0. The number of nitrogens with two attached hydrogens (primary N) is 1. The summed E-state index contributed by atoms with van der Waals surface area (Å²) in [5.74, 6) is -0.475. The summed E-state index contributed by atoms with van der Waals surface area (Å²) in [6, 6.07) is 5.62. The number of carbonyl (C=O) groups excluding carboxylic acids is 2. The monoisotopic (exact) mass is 325 g/mol. The molecule has 1 aliphatic rings. The molecule has 2 aromatic heterocycles. The fraction of sp³-hybridized carbons (Fsp3) is 0.353. The normalized spacial score (nSPS) is 17.0. The van der Waals surface area contributed by atoms with E-state index >= 15 is 0 Å². The van der Waals surface area contributed by atoms with Gasteiger partial charge in [-0.3, -0.25) is 19.6 Å². The van der Waals surface area contributed by atoms with Crippen LogP contribution in [0.25, 0.3) is 0 Å². The molecule has 7 heteroatoms. The van der Waals surface area contributed by atoms with Crippen LogP contribution in [-0.2, 0) is 11.2 Å². The molecule has 1 unspecified atom stereocenters. The number of rotatable bonds is 5. The maximum Gasteiger partial charge on any atom is 0.274 e. The first-order valence-electron chi connectivity index (χ1n) is 7.96. The van der Waals surface area contributed by atoms with Crippen LogP contribution in [0.3, 0.4) is 0 Å². The number of amides is 2. The fourth-order valence-corrected chi connectivity index (χ4v) is 2.95. The van der Waals surface area contributed by atoms with Gasteiger partial charge >= 0.3 is 0 Å². The van der Waals surface area contributed by atoms with E-state index < -0.39 is 0 Å². The van der Waals surface area contributed by atoms with Gasteiger partial charge < -0.3 is 10.6 Å². The van der Waals surface area contributed by atoms with Crippen LogP contribution in [0.15, 0.2) is 36.8 Å². The van der Waals surface area contributed by atoms with Crippen LogP contribution in [0.5, 0.6) is 0 Å². The van der Waals surface area contributed by atoms with Crippen molar-refractivity contribution >= 4 is 11.8 Å². The summed E-state index contributed by atoms with van der Waals surface area (Å²) in [5, 5.41) is 0. The number of aryl methyl sites for hydroxylation is 1. The third kappa shape index (κ3) is 3.56. The van der Waals surface area contributed by atoms with Crippen molar-refractivity contribution in [2.24, 2.45) is 5.73 Å². The van der Waals surface area contributed by atoms with Crippen LogP contribution in [0, 0.1) is 0 Å². The molecule has 0 aromatic carbocycles. The lowest BCUT2D eigenvalue weighted by molar-refractivity contribution is -0.118. The average Bonchev–Trinajstić information content (AvgIpc) is 3.10. The van der Waals surface area contributed by atoms with Crippen LogP contribution < -0.4 is 5.73 Å². The summed E-state index contributed by atoms with van der Waals surface area (Å²) < 4.78 is 0. The van der Waals surface area contributed by atoms with E-state index in [-0.39, 0.29) is 24.3 Å². The van der Waals surface area contributed by atoms with Crippen molar-refractivity contribution in [3.05, 3.63) is 53.9 Å². The molecule has 2 N–H and O–H groups in total. The van der Waals surface area contributed by atoms with Crippen molar-refractivity contribution in [3.63, 3.8) is 0 Å². The van der Waals surface area contributed by atoms with Crippen molar-refractivity contribution in [1.29, 1.82) is 0 Å². The van der Waals surface area contributed by atoms with E-state index in [1.165, 1.54) is 12.4 Å². The Labute approximate surface area is 139 Å². The molecule has 0 spiro atoms. The molecule has 24 heavy (non-hydrogen) atoms. The van der Waals surface area contributed by atoms with Crippen LogP contribution in [0.1, 0.15) is 47.2 Å². The molecule has 3 heterocycles. The smallest absolute Gasteiger partial charge is 0.274 e. The van der Waals surface area contributed by atoms with Gasteiger partial charge in [-0.15, -0.1) is 0 Å². The summed E-state index contributed by atoms with van der Waals surface area (Å²) >= 11 is 0. The van der Waals surface area contributed by atoms with Gasteiger partial charge in [-0.1, -0.05) is 6.07 Å². The second kappa shape index (κ2) is 7.16. The quantitative estimate of drug-likeness (QED) is 0.892. The van der Waals surface area contributed by atoms with E-state index in [0.29, 0.717) is 18.7 Å². The predicted molar refractivity (Wildman–Crippen MR) is 86.8 cm³/mol. The molecule has 2 aromatic rings. The SMILES string of the molecule is NC(=O)CCc1cccc(C2CCCN2C(=O)c2cnccn2)n1. The standard InChI is InChI=1S/C17H19N5O2/c18-16(23)7-6-12-3-1-4-13(21-12)15-5-2-10-22(15)17(24)14-11-19-8-9-20-14/h1,3-4,8-9,11,15H,2,5-7,10H2,(H2,18,23). The molecule has 1 atom stereocenters. The zero-order valence-corrected chi connectivity index (χ0v) is 13.3. The number of nitrogens with zero attached hydrogens (tertiary/aromatic N) is 4. The van der Waals surface area contributed by atoms with Gasteiger partial charge in [0.05, 0.1) is 17.9 Å². The van der Waals surface area contributed by atoms with Crippen molar-refractivity contribution in [2.45, 2.75) is 31.7 Å². The number of pyridine rings is 1. The molecule has 1 fully saturated rings. The molecule has 7 nitrogen and oxygen atoms in total. The highest BCUT2D eigenvalue weighted by Crippen LogP contribution is 2.31. The highest BCUT2D eigenvalue weighted by atomic mass is 16.2. The maximum atomic E-state index is 12.7. The van der Waals surface area contributed by atoms with Gasteiger partial charge in [0.25, 0.3) is 5.91 Å². The third-order valence-electron chi connectivity index (χ3n) is 4.09. The molecule has 2 amide bonds. The molecule has 124 valence electrons. The van der Waals surface area contributed by atoms with Gasteiger partial charge in [-0.05, 0) is 31.4 Å². The fourth-order valence-electron chi connectivity index (χ4n) is 2.95. The number of hydrogen-bond acceptors (Lipinski definition) is 5. The lowest BCUT2D eigenvalue weighted by Gasteiger charge is -2.24. The van der Waals surface area contributed by atoms with E-state index in [1.807, 2.05) is 18.2 Å². The van der Waals surface area contributed by atoms with Gasteiger partial charge in [0.2, 0.25) is 5.91 Å². The molecule has 0 saturated carbocycles. The van der Waals surface area contributed by atoms with E-state index in [4.69, 9.17) is 5.73 Å². The topological polar surface area (TPSA) is 102 Å². The Morgan fingerprint density at radius 2 is 2.17 bits per heavy atom. The van der Waals surface area contributed by atoms with Gasteiger partial charge in [0.1, 0.15) is 5.69 Å². The number of hydrogen-bond donors (Lipinski definition) is 1. The van der Waals surface area contributed by atoms with E-state index in [2.05, 4.69) is 15.0 Å². The third-order valence-corrected chi connectivity index (χ3v) is 4.09. The highest BCUT2D eigenvalue weighted by molar-refractivity contribution is 5.92. The molecular weight excluding hydrogens is 306 g/mol. The van der Waals surface area contributed by atoms with Crippen LogP contribution in [0.2, 0.25) is 0 Å². The zero-order valence-electron chi connectivity index (χ0n) is 13.3. The lowest BCUT2D eigenvalue weighted by Crippen LogP contribution is -2.31. The zero-order chi connectivity index (χ0) is 16.9. The van der Waals surface area contributed by atoms with Gasteiger partial charge in [0, 0.05) is 31.1 Å². The minimum Gasteiger partial charge on any atom is -0.370 e. The van der Waals surface area contributed by atoms with E-state index in [1.54, 1.807) is 11.1 Å². The molecule has 0 radical (unpaired) electrons. The lowest BCUT2D eigenvalue weighted by atomic mass is 10.1. The minimum atomic E-state index is -0.345. The number of likely N-dealkylation sites (tertiary alicyclic amines) is 1. The average molecular weight is 325 g/mol. The Morgan fingerprint density at radius 1 is 1.29 bits per heavy atom.